The molecule has 0 saturated carbocycles. The molecule has 0 amide bonds. The Morgan fingerprint density at radius 2 is 1.73 bits per heavy atom. The summed E-state index contributed by atoms with van der Waals surface area (Å²) in [6, 6.07) is 4.16. The lowest BCUT2D eigenvalue weighted by atomic mass is 9.92. The third-order valence-corrected chi connectivity index (χ3v) is 2.78. The van der Waals surface area contributed by atoms with Crippen LogP contribution in [-0.2, 0) is 6.42 Å². The van der Waals surface area contributed by atoms with Gasteiger partial charge in [-0.05, 0) is 41.9 Å². The molecule has 0 fully saturated rings. The largest absolute Gasteiger partial charge is 0.507 e. The first-order chi connectivity index (χ1) is 6.93. The number of aromatic hydroxyl groups is 1. The van der Waals surface area contributed by atoms with Gasteiger partial charge in [0.2, 0.25) is 0 Å². The SMILES string of the molecule is Cc1ccc(C(C)C)c(O)c1CC(C)C. The lowest BCUT2D eigenvalue weighted by molar-refractivity contribution is 0.451. The van der Waals surface area contributed by atoms with Crippen molar-refractivity contribution in [3.8, 4) is 5.75 Å². The van der Waals surface area contributed by atoms with E-state index in [2.05, 4.69) is 40.7 Å². The second kappa shape index (κ2) is 4.69. The fourth-order valence-electron chi connectivity index (χ4n) is 1.89. The Morgan fingerprint density at radius 1 is 1.13 bits per heavy atom. The topological polar surface area (TPSA) is 20.2 Å². The number of phenolic OH excluding ortho intramolecular Hbond substituents is 1. The molecule has 1 N–H and O–H groups in total. The van der Waals surface area contributed by atoms with Crippen LogP contribution in [-0.4, -0.2) is 5.11 Å². The van der Waals surface area contributed by atoms with Gasteiger partial charge in [-0.25, -0.2) is 0 Å². The number of phenols is 1. The summed E-state index contributed by atoms with van der Waals surface area (Å²) in [7, 11) is 0. The third-order valence-electron chi connectivity index (χ3n) is 2.78. The molecule has 1 aromatic carbocycles. The minimum Gasteiger partial charge on any atom is -0.507 e. The third kappa shape index (κ3) is 2.74. The molecular formula is C14H22O. The van der Waals surface area contributed by atoms with E-state index in [0.717, 1.165) is 17.5 Å². The molecule has 0 saturated heterocycles. The van der Waals surface area contributed by atoms with Crippen LogP contribution in [0.2, 0.25) is 0 Å². The molecule has 0 radical (unpaired) electrons. The Balaban J connectivity index is 3.18. The van der Waals surface area contributed by atoms with Crippen molar-refractivity contribution in [2.24, 2.45) is 5.92 Å². The van der Waals surface area contributed by atoms with Crippen LogP contribution in [0.3, 0.4) is 0 Å². The standard InChI is InChI=1S/C14H22O/c1-9(2)8-13-11(5)6-7-12(10(3)4)14(13)15/h6-7,9-10,15H,8H2,1-5H3. The van der Waals surface area contributed by atoms with Crippen molar-refractivity contribution in [3.05, 3.63) is 28.8 Å². The molecule has 0 aromatic heterocycles. The molecule has 84 valence electrons. The molecule has 15 heavy (non-hydrogen) atoms. The van der Waals surface area contributed by atoms with Crippen LogP contribution >= 0.6 is 0 Å². The zero-order valence-corrected chi connectivity index (χ0v) is 10.5. The van der Waals surface area contributed by atoms with Crippen molar-refractivity contribution in [1.29, 1.82) is 0 Å². The molecule has 0 aliphatic carbocycles. The zero-order chi connectivity index (χ0) is 11.6. The van der Waals surface area contributed by atoms with Crippen LogP contribution in [0.4, 0.5) is 0 Å². The summed E-state index contributed by atoms with van der Waals surface area (Å²) in [5, 5.41) is 10.2. The van der Waals surface area contributed by atoms with Gasteiger partial charge in [-0.1, -0.05) is 39.8 Å². The van der Waals surface area contributed by atoms with Crippen LogP contribution in [0.5, 0.6) is 5.75 Å². The van der Waals surface area contributed by atoms with E-state index in [1.165, 1.54) is 5.56 Å². The van der Waals surface area contributed by atoms with Gasteiger partial charge in [-0.2, -0.15) is 0 Å². The quantitative estimate of drug-likeness (QED) is 0.792. The van der Waals surface area contributed by atoms with Gasteiger partial charge >= 0.3 is 0 Å². The van der Waals surface area contributed by atoms with E-state index < -0.39 is 0 Å². The van der Waals surface area contributed by atoms with Crippen molar-refractivity contribution in [2.45, 2.75) is 47.0 Å². The minimum atomic E-state index is 0.386. The number of aryl methyl sites for hydroxylation is 1. The molecule has 0 aliphatic rings. The van der Waals surface area contributed by atoms with Crippen molar-refractivity contribution in [1.82, 2.24) is 0 Å². The summed E-state index contributed by atoms with van der Waals surface area (Å²) in [6.45, 7) is 10.7. The maximum absolute atomic E-state index is 10.2. The van der Waals surface area contributed by atoms with Gasteiger partial charge in [0.1, 0.15) is 5.75 Å². The van der Waals surface area contributed by atoms with Crippen LogP contribution in [0.1, 0.15) is 50.3 Å². The molecule has 1 heteroatoms. The van der Waals surface area contributed by atoms with Crippen molar-refractivity contribution < 1.29 is 5.11 Å². The van der Waals surface area contributed by atoms with Crippen molar-refractivity contribution >= 4 is 0 Å². The lowest BCUT2D eigenvalue weighted by Gasteiger charge is -2.16. The predicted molar refractivity (Wildman–Crippen MR) is 65.5 cm³/mol. The van der Waals surface area contributed by atoms with Gasteiger partial charge in [-0.15, -0.1) is 0 Å². The monoisotopic (exact) mass is 206 g/mol. The molecular weight excluding hydrogens is 184 g/mol. The van der Waals surface area contributed by atoms with E-state index in [0.29, 0.717) is 17.6 Å². The van der Waals surface area contributed by atoms with Crippen LogP contribution in [0, 0.1) is 12.8 Å². The highest BCUT2D eigenvalue weighted by atomic mass is 16.3. The normalized spacial score (nSPS) is 11.4. The maximum Gasteiger partial charge on any atom is 0.122 e. The van der Waals surface area contributed by atoms with Gasteiger partial charge < -0.3 is 5.11 Å². The highest BCUT2D eigenvalue weighted by molar-refractivity contribution is 5.46. The predicted octanol–water partition coefficient (Wildman–Crippen LogP) is 4.02. The van der Waals surface area contributed by atoms with Crippen LogP contribution in [0.25, 0.3) is 0 Å². The smallest absolute Gasteiger partial charge is 0.122 e. The molecule has 0 heterocycles. The summed E-state index contributed by atoms with van der Waals surface area (Å²) in [5.41, 5.74) is 3.39. The molecule has 0 spiro atoms. The molecule has 1 nitrogen and oxygen atoms in total. The molecule has 0 atom stereocenters. The van der Waals surface area contributed by atoms with E-state index >= 15 is 0 Å². The Bertz CT molecular complexity index is 337. The van der Waals surface area contributed by atoms with Crippen LogP contribution < -0.4 is 0 Å². The van der Waals surface area contributed by atoms with Crippen LogP contribution in [0.15, 0.2) is 12.1 Å². The van der Waals surface area contributed by atoms with Gasteiger partial charge in [0.25, 0.3) is 0 Å². The Hall–Kier alpha value is -0.980. The summed E-state index contributed by atoms with van der Waals surface area (Å²) in [6.07, 6.45) is 0.957. The number of benzene rings is 1. The highest BCUT2D eigenvalue weighted by Crippen LogP contribution is 2.32. The summed E-state index contributed by atoms with van der Waals surface area (Å²) in [4.78, 5) is 0. The maximum atomic E-state index is 10.2. The van der Waals surface area contributed by atoms with Crippen molar-refractivity contribution in [2.75, 3.05) is 0 Å². The number of hydrogen-bond acceptors (Lipinski definition) is 1. The molecule has 0 bridgehead atoms. The summed E-state index contributed by atoms with van der Waals surface area (Å²) in [5.74, 6) is 1.48. The average molecular weight is 206 g/mol. The Kier molecular flexibility index (Phi) is 3.78. The van der Waals surface area contributed by atoms with E-state index in [4.69, 9.17) is 0 Å². The molecule has 0 aliphatic heterocycles. The zero-order valence-electron chi connectivity index (χ0n) is 10.5. The van der Waals surface area contributed by atoms with E-state index in [1.54, 1.807) is 0 Å². The molecule has 1 aromatic rings. The van der Waals surface area contributed by atoms with Gasteiger partial charge in [0, 0.05) is 0 Å². The first kappa shape index (κ1) is 12.1. The minimum absolute atomic E-state index is 0.386. The fourth-order valence-corrected chi connectivity index (χ4v) is 1.89. The average Bonchev–Trinajstić information content (AvgIpc) is 2.11. The van der Waals surface area contributed by atoms with Gasteiger partial charge in [-0.3, -0.25) is 0 Å². The summed E-state index contributed by atoms with van der Waals surface area (Å²) < 4.78 is 0. The van der Waals surface area contributed by atoms with Gasteiger partial charge in [0.05, 0.1) is 0 Å². The van der Waals surface area contributed by atoms with Crippen molar-refractivity contribution in [3.63, 3.8) is 0 Å². The fraction of sp³-hybridized carbons (Fsp3) is 0.571. The van der Waals surface area contributed by atoms with E-state index in [9.17, 15) is 5.11 Å². The van der Waals surface area contributed by atoms with E-state index in [1.807, 2.05) is 6.07 Å². The Morgan fingerprint density at radius 3 is 2.20 bits per heavy atom. The number of hydrogen-bond donors (Lipinski definition) is 1. The first-order valence-corrected chi connectivity index (χ1v) is 5.74. The highest BCUT2D eigenvalue weighted by Gasteiger charge is 2.13. The lowest BCUT2D eigenvalue weighted by Crippen LogP contribution is -2.00. The second-order valence-corrected chi connectivity index (χ2v) is 5.05. The van der Waals surface area contributed by atoms with E-state index in [-0.39, 0.29) is 0 Å². The number of rotatable bonds is 3. The van der Waals surface area contributed by atoms with Gasteiger partial charge in [0.15, 0.2) is 0 Å². The second-order valence-electron chi connectivity index (χ2n) is 5.05. The molecule has 0 unspecified atom stereocenters. The molecule has 1 rings (SSSR count). The summed E-state index contributed by atoms with van der Waals surface area (Å²) >= 11 is 0. The first-order valence-electron chi connectivity index (χ1n) is 5.74. The Labute approximate surface area is 93.1 Å².